The van der Waals surface area contributed by atoms with Gasteiger partial charge in [0.05, 0.1) is 0 Å². The van der Waals surface area contributed by atoms with Crippen LogP contribution in [-0.4, -0.2) is 27.7 Å². The number of primary amides is 1. The molecule has 1 amide bonds. The molecule has 2 aromatic heterocycles. The normalized spacial score (nSPS) is 11.8. The Morgan fingerprint density at radius 3 is 2.46 bits per heavy atom. The highest BCUT2D eigenvalue weighted by Crippen LogP contribution is 2.35. The largest absolute Gasteiger partial charge is 0.382 e. The zero-order valence-electron chi connectivity index (χ0n) is 14.6. The monoisotopic (exact) mass is 463 g/mol. The van der Waals surface area contributed by atoms with Gasteiger partial charge in [-0.25, -0.2) is 14.4 Å². The second kappa shape index (κ2) is 8.03. The number of halogens is 2. The van der Waals surface area contributed by atoms with Crippen molar-refractivity contribution in [2.45, 2.75) is 13.0 Å². The van der Waals surface area contributed by atoms with Gasteiger partial charge in [-0.2, -0.15) is 0 Å². The summed E-state index contributed by atoms with van der Waals surface area (Å²) in [6, 6.07) is 7.96. The molecule has 1 aromatic carbocycles. The number of nitrogens with zero attached hydrogens (tertiary/aromatic N) is 3. The Bertz CT molecular complexity index is 1020. The standard InChI is InChI=1S/C18H15BrFN5O2S/c1-9(17(22)27)25(12-5-3-11(20)4-6-12)18-24-16(21)15(28-18)14(26)10-2-7-13(19)23-8-10/h2-9H,21H2,1H3,(H2,22,27)/t9-/m1/s1. The molecular weight excluding hydrogens is 449 g/mol. The van der Waals surface area contributed by atoms with Crippen LogP contribution < -0.4 is 16.4 Å². The number of hydrogen-bond acceptors (Lipinski definition) is 7. The Labute approximate surface area is 172 Å². The van der Waals surface area contributed by atoms with Crippen LogP contribution in [-0.2, 0) is 4.79 Å². The van der Waals surface area contributed by atoms with Gasteiger partial charge in [0.1, 0.15) is 27.2 Å². The molecule has 1 atom stereocenters. The van der Waals surface area contributed by atoms with Crippen LogP contribution in [0.5, 0.6) is 0 Å². The molecule has 10 heteroatoms. The molecule has 0 aliphatic carbocycles. The summed E-state index contributed by atoms with van der Waals surface area (Å²) in [5.41, 5.74) is 12.3. The third kappa shape index (κ3) is 4.02. The number of carbonyl (C=O) groups is 2. The van der Waals surface area contributed by atoms with Crippen LogP contribution in [0.15, 0.2) is 47.2 Å². The van der Waals surface area contributed by atoms with Crippen molar-refractivity contribution in [3.8, 4) is 0 Å². The number of pyridine rings is 1. The first-order valence-electron chi connectivity index (χ1n) is 8.04. The van der Waals surface area contributed by atoms with E-state index in [0.717, 1.165) is 11.3 Å². The second-order valence-electron chi connectivity index (χ2n) is 5.83. The number of nitrogens with two attached hydrogens (primary N) is 2. The molecule has 28 heavy (non-hydrogen) atoms. The van der Waals surface area contributed by atoms with Crippen molar-refractivity contribution < 1.29 is 14.0 Å². The lowest BCUT2D eigenvalue weighted by molar-refractivity contribution is -0.118. The van der Waals surface area contributed by atoms with Gasteiger partial charge < -0.3 is 16.4 Å². The summed E-state index contributed by atoms with van der Waals surface area (Å²) in [4.78, 5) is 34.6. The Hall–Kier alpha value is -2.85. The average molecular weight is 464 g/mol. The number of benzene rings is 1. The molecule has 0 fully saturated rings. The first-order chi connectivity index (χ1) is 13.3. The molecule has 0 bridgehead atoms. The van der Waals surface area contributed by atoms with E-state index in [-0.39, 0.29) is 16.5 Å². The van der Waals surface area contributed by atoms with Crippen LogP contribution in [0.1, 0.15) is 22.2 Å². The van der Waals surface area contributed by atoms with Crippen molar-refractivity contribution >= 4 is 55.6 Å². The molecule has 0 spiro atoms. The Kier molecular flexibility index (Phi) is 5.71. The van der Waals surface area contributed by atoms with Gasteiger partial charge in [-0.05, 0) is 59.3 Å². The number of amides is 1. The predicted molar refractivity (Wildman–Crippen MR) is 109 cm³/mol. The Balaban J connectivity index is 2.03. The topological polar surface area (TPSA) is 115 Å². The summed E-state index contributed by atoms with van der Waals surface area (Å²) in [6.07, 6.45) is 1.43. The van der Waals surface area contributed by atoms with Crippen LogP contribution in [0.25, 0.3) is 0 Å². The highest BCUT2D eigenvalue weighted by atomic mass is 79.9. The number of aromatic nitrogens is 2. The number of ketones is 1. The van der Waals surface area contributed by atoms with Crippen LogP contribution >= 0.6 is 27.3 Å². The van der Waals surface area contributed by atoms with E-state index in [1.54, 1.807) is 19.1 Å². The minimum absolute atomic E-state index is 0.0247. The molecule has 2 heterocycles. The van der Waals surface area contributed by atoms with Gasteiger partial charge in [0.2, 0.25) is 11.7 Å². The van der Waals surface area contributed by atoms with Crippen molar-refractivity contribution in [2.75, 3.05) is 10.6 Å². The summed E-state index contributed by atoms with van der Waals surface area (Å²) in [6.45, 7) is 1.59. The van der Waals surface area contributed by atoms with Gasteiger partial charge in [0.15, 0.2) is 5.13 Å². The van der Waals surface area contributed by atoms with Crippen molar-refractivity contribution in [1.82, 2.24) is 9.97 Å². The van der Waals surface area contributed by atoms with E-state index in [1.165, 1.54) is 35.4 Å². The lowest BCUT2D eigenvalue weighted by Gasteiger charge is -2.26. The van der Waals surface area contributed by atoms with Crippen LogP contribution in [0.2, 0.25) is 0 Å². The Morgan fingerprint density at radius 2 is 1.89 bits per heavy atom. The van der Waals surface area contributed by atoms with Gasteiger partial charge in [-0.15, -0.1) is 0 Å². The number of carbonyl (C=O) groups excluding carboxylic acids is 2. The highest BCUT2D eigenvalue weighted by molar-refractivity contribution is 9.10. The lowest BCUT2D eigenvalue weighted by atomic mass is 10.2. The molecule has 4 N–H and O–H groups in total. The zero-order chi connectivity index (χ0) is 20.4. The summed E-state index contributed by atoms with van der Waals surface area (Å²) >= 11 is 4.23. The number of thiazole rings is 1. The SMILES string of the molecule is C[C@H](C(N)=O)N(c1ccc(F)cc1)c1nc(N)c(C(=O)c2ccc(Br)nc2)s1. The van der Waals surface area contributed by atoms with Gasteiger partial charge >= 0.3 is 0 Å². The van der Waals surface area contributed by atoms with Crippen LogP contribution in [0.4, 0.5) is 21.0 Å². The third-order valence-corrected chi connectivity index (χ3v) is 5.49. The van der Waals surface area contributed by atoms with Gasteiger partial charge in [-0.3, -0.25) is 9.59 Å². The van der Waals surface area contributed by atoms with Crippen LogP contribution in [0.3, 0.4) is 0 Å². The van der Waals surface area contributed by atoms with E-state index in [0.29, 0.717) is 21.0 Å². The fraction of sp³-hybridized carbons (Fsp3) is 0.111. The summed E-state index contributed by atoms with van der Waals surface area (Å²) < 4.78 is 13.9. The molecule has 0 radical (unpaired) electrons. The molecule has 144 valence electrons. The quantitative estimate of drug-likeness (QED) is 0.428. The van der Waals surface area contributed by atoms with E-state index in [4.69, 9.17) is 11.5 Å². The van der Waals surface area contributed by atoms with E-state index >= 15 is 0 Å². The van der Waals surface area contributed by atoms with Crippen LogP contribution in [0, 0.1) is 5.82 Å². The number of anilines is 3. The molecule has 0 aliphatic heterocycles. The van der Waals surface area contributed by atoms with E-state index < -0.39 is 17.8 Å². The molecule has 0 saturated heterocycles. The molecule has 3 aromatic rings. The molecule has 0 aliphatic rings. The fourth-order valence-corrected chi connectivity index (χ4v) is 3.74. The molecule has 7 nitrogen and oxygen atoms in total. The Morgan fingerprint density at radius 1 is 1.21 bits per heavy atom. The predicted octanol–water partition coefficient (Wildman–Crippen LogP) is 3.26. The van der Waals surface area contributed by atoms with E-state index in [9.17, 15) is 14.0 Å². The summed E-state index contributed by atoms with van der Waals surface area (Å²) in [5, 5.41) is 0.295. The summed E-state index contributed by atoms with van der Waals surface area (Å²) in [5.74, 6) is -1.35. The highest BCUT2D eigenvalue weighted by Gasteiger charge is 2.27. The molecule has 0 saturated carbocycles. The maximum absolute atomic E-state index is 13.3. The van der Waals surface area contributed by atoms with Gasteiger partial charge in [0.25, 0.3) is 0 Å². The zero-order valence-corrected chi connectivity index (χ0v) is 17.0. The van der Waals surface area contributed by atoms with Crippen molar-refractivity contribution in [2.24, 2.45) is 5.73 Å². The van der Waals surface area contributed by atoms with E-state index in [1.807, 2.05) is 0 Å². The number of nitrogen functional groups attached to an aromatic ring is 1. The first-order valence-corrected chi connectivity index (χ1v) is 9.65. The minimum Gasteiger partial charge on any atom is -0.382 e. The lowest BCUT2D eigenvalue weighted by Crippen LogP contribution is -2.39. The van der Waals surface area contributed by atoms with Gasteiger partial charge in [-0.1, -0.05) is 11.3 Å². The van der Waals surface area contributed by atoms with Crippen molar-refractivity contribution in [3.05, 3.63) is 63.5 Å². The number of hydrogen-bond donors (Lipinski definition) is 2. The average Bonchev–Trinajstić information content (AvgIpc) is 3.04. The van der Waals surface area contributed by atoms with Gasteiger partial charge in [0, 0.05) is 17.4 Å². The third-order valence-electron chi connectivity index (χ3n) is 3.95. The molecular formula is C18H15BrFN5O2S. The maximum Gasteiger partial charge on any atom is 0.240 e. The van der Waals surface area contributed by atoms with Crippen molar-refractivity contribution in [1.29, 1.82) is 0 Å². The summed E-state index contributed by atoms with van der Waals surface area (Å²) in [7, 11) is 0. The van der Waals surface area contributed by atoms with E-state index in [2.05, 4.69) is 25.9 Å². The molecule has 3 rings (SSSR count). The number of rotatable bonds is 6. The maximum atomic E-state index is 13.3. The second-order valence-corrected chi connectivity index (χ2v) is 7.62. The first kappa shape index (κ1) is 19.9. The minimum atomic E-state index is -0.798. The fourth-order valence-electron chi connectivity index (χ4n) is 2.46. The molecule has 0 unspecified atom stereocenters. The smallest absolute Gasteiger partial charge is 0.240 e. The van der Waals surface area contributed by atoms with Crippen molar-refractivity contribution in [3.63, 3.8) is 0 Å².